The summed E-state index contributed by atoms with van der Waals surface area (Å²) in [6.45, 7) is 11.6. The summed E-state index contributed by atoms with van der Waals surface area (Å²) >= 11 is 0. The largest absolute Gasteiger partial charge is 0.468 e. The van der Waals surface area contributed by atoms with Crippen molar-refractivity contribution in [1.29, 1.82) is 0 Å². The van der Waals surface area contributed by atoms with Crippen molar-refractivity contribution >= 4 is 34.9 Å². The third kappa shape index (κ3) is 19.3. The van der Waals surface area contributed by atoms with Gasteiger partial charge in [0.2, 0.25) is 17.8 Å². The van der Waals surface area contributed by atoms with Gasteiger partial charge in [-0.25, -0.2) is 0 Å². The lowest BCUT2D eigenvalue weighted by Crippen LogP contribution is -2.25. The van der Waals surface area contributed by atoms with Crippen molar-refractivity contribution in [2.75, 3.05) is 29.4 Å². The van der Waals surface area contributed by atoms with Crippen molar-refractivity contribution in [2.24, 2.45) is 5.92 Å². The Balaban J connectivity index is 0.000000230. The number of anilines is 6. The van der Waals surface area contributed by atoms with E-state index in [2.05, 4.69) is 81.1 Å². The van der Waals surface area contributed by atoms with Crippen LogP contribution in [-0.4, -0.2) is 34.5 Å². The van der Waals surface area contributed by atoms with Crippen molar-refractivity contribution in [1.82, 2.24) is 15.0 Å². The van der Waals surface area contributed by atoms with Crippen molar-refractivity contribution in [3.63, 3.8) is 0 Å². The van der Waals surface area contributed by atoms with Gasteiger partial charge in [-0.15, -0.1) is 0 Å². The minimum atomic E-state index is 0.268. The van der Waals surface area contributed by atoms with Gasteiger partial charge in [0, 0.05) is 17.1 Å². The van der Waals surface area contributed by atoms with Gasteiger partial charge in [0.1, 0.15) is 5.75 Å². The molecule has 0 bridgehead atoms. The topological polar surface area (TPSA) is 112 Å². The first-order valence-corrected chi connectivity index (χ1v) is 25.3. The summed E-state index contributed by atoms with van der Waals surface area (Å²) in [5.41, 5.74) is 9.00. The van der Waals surface area contributed by atoms with E-state index in [1.165, 1.54) is 75.3 Å². The Kier molecular flexibility index (Phi) is 22.0. The molecule has 0 amide bonds. The van der Waals surface area contributed by atoms with Crippen molar-refractivity contribution in [3.05, 3.63) is 149 Å². The number of ether oxygens (including phenoxy) is 2. The molecule has 5 aromatic carbocycles. The summed E-state index contributed by atoms with van der Waals surface area (Å²) in [5, 5.41) is 9.83. The highest BCUT2D eigenvalue weighted by molar-refractivity contribution is 5.62. The van der Waals surface area contributed by atoms with Crippen LogP contribution in [0.25, 0.3) is 0 Å². The molecule has 0 radical (unpaired) electrons. The van der Waals surface area contributed by atoms with Gasteiger partial charge >= 0.3 is 0 Å². The van der Waals surface area contributed by atoms with Crippen LogP contribution in [0.2, 0.25) is 0 Å². The first-order chi connectivity index (χ1) is 33.3. The molecule has 6 aromatic rings. The zero-order valence-corrected chi connectivity index (χ0v) is 41.4. The lowest BCUT2D eigenvalue weighted by atomic mass is 9.88. The summed E-state index contributed by atoms with van der Waals surface area (Å²) in [6, 6.07) is 41.1. The second-order valence-corrected chi connectivity index (χ2v) is 18.3. The molecule has 362 valence electrons. The fraction of sp³-hybridized carbons (Fsp3) is 0.431. The molecular weight excluding hydrogens is 845 g/mol. The van der Waals surface area contributed by atoms with Crippen LogP contribution < -0.4 is 25.6 Å². The first-order valence-electron chi connectivity index (χ1n) is 25.3. The van der Waals surface area contributed by atoms with Crippen LogP contribution in [0.4, 0.5) is 34.9 Å². The predicted octanol–water partition coefficient (Wildman–Crippen LogP) is 15.7. The minimum Gasteiger partial charge on any atom is -0.468 e. The average Bonchev–Trinajstić information content (AvgIpc) is 3.33. The summed E-state index contributed by atoms with van der Waals surface area (Å²) in [5.74, 6) is 3.57. The maximum absolute atomic E-state index is 6.01. The molecular formula is C58H76N6O4. The normalized spacial score (nSPS) is 14.4. The minimum absolute atomic E-state index is 0.268. The van der Waals surface area contributed by atoms with Gasteiger partial charge in [-0.05, 0) is 167 Å². The summed E-state index contributed by atoms with van der Waals surface area (Å²) < 4.78 is 11.8. The molecule has 10 nitrogen and oxygen atoms in total. The number of nitrogens with zero attached hydrogens (tertiary/aromatic N) is 3. The molecule has 0 aliphatic heterocycles. The molecule has 1 heterocycles. The number of unbranched alkanes of at least 4 members (excludes halogenated alkanes) is 8. The van der Waals surface area contributed by atoms with Crippen LogP contribution in [0.1, 0.15) is 132 Å². The molecule has 0 unspecified atom stereocenters. The Bertz CT molecular complexity index is 2100. The number of aromatic nitrogens is 3. The molecule has 1 fully saturated rings. The highest BCUT2D eigenvalue weighted by atomic mass is 17.2. The number of aryl methyl sites for hydroxylation is 5. The van der Waals surface area contributed by atoms with Crippen molar-refractivity contribution < 1.29 is 19.2 Å². The second-order valence-electron chi connectivity index (χ2n) is 18.3. The molecule has 3 N–H and O–H groups in total. The van der Waals surface area contributed by atoms with Gasteiger partial charge in [0.15, 0.2) is 12.5 Å². The molecule has 0 atom stereocenters. The maximum Gasteiger partial charge on any atom is 0.233 e. The zero-order valence-electron chi connectivity index (χ0n) is 41.4. The molecule has 0 spiro atoms. The first kappa shape index (κ1) is 51.4. The maximum atomic E-state index is 6.01. The van der Waals surface area contributed by atoms with E-state index in [4.69, 9.17) is 19.2 Å². The number of rotatable bonds is 26. The van der Waals surface area contributed by atoms with E-state index in [9.17, 15) is 0 Å². The number of benzene rings is 5. The second kappa shape index (κ2) is 29.0. The lowest BCUT2D eigenvalue weighted by Gasteiger charge is -2.27. The smallest absolute Gasteiger partial charge is 0.233 e. The highest BCUT2D eigenvalue weighted by Crippen LogP contribution is 2.28. The van der Waals surface area contributed by atoms with Crippen molar-refractivity contribution in [2.45, 2.75) is 143 Å². The highest BCUT2D eigenvalue weighted by Gasteiger charge is 2.22. The summed E-state index contributed by atoms with van der Waals surface area (Å²) in [6.07, 6.45) is 20.0. The fourth-order valence-corrected chi connectivity index (χ4v) is 8.29. The van der Waals surface area contributed by atoms with E-state index in [1.807, 2.05) is 106 Å². The van der Waals surface area contributed by atoms with Gasteiger partial charge in [-0.2, -0.15) is 19.8 Å². The number of hydrogen-bond donors (Lipinski definition) is 3. The van der Waals surface area contributed by atoms with E-state index < -0.39 is 0 Å². The van der Waals surface area contributed by atoms with Gasteiger partial charge in [0.25, 0.3) is 0 Å². The Hall–Kier alpha value is -5.97. The van der Waals surface area contributed by atoms with E-state index in [1.54, 1.807) is 0 Å². The molecule has 0 saturated heterocycles. The van der Waals surface area contributed by atoms with Crippen LogP contribution in [0, 0.1) is 26.7 Å². The van der Waals surface area contributed by atoms with E-state index >= 15 is 0 Å². The van der Waals surface area contributed by atoms with Crippen LogP contribution in [-0.2, 0) is 22.5 Å². The number of nitrogens with one attached hydrogen (secondary N) is 3. The predicted molar refractivity (Wildman–Crippen MR) is 280 cm³/mol. The molecule has 1 saturated carbocycles. The van der Waals surface area contributed by atoms with Crippen molar-refractivity contribution in [3.8, 4) is 11.5 Å². The van der Waals surface area contributed by atoms with Crippen LogP contribution in [0.15, 0.2) is 121 Å². The Morgan fingerprint density at radius 3 is 1.34 bits per heavy atom. The van der Waals surface area contributed by atoms with Gasteiger partial charge in [0.05, 0.1) is 12.7 Å². The fourth-order valence-electron chi connectivity index (χ4n) is 8.29. The standard InChI is InChI=1S/C34H52O4.C24H24N6/c1-3-5-7-9-11-13-29-15-21-32(22-16-29)35-28-36-33-23-19-31(20-24-33)27-37-38-34-25-17-30(18-26-34)14-12-10-8-6-4-2;1-16-7-4-10-19(13-16)25-22-28-23(26-20-11-5-8-17(2)14-20)30-24(29-22)27-21-12-6-9-18(3)15-21/h15-18,21-22,25-26,31,33H,3-14,19-20,23-24,27-28H2,1-2H3;4-15H,1-3H3,(H3,25,26,27,28,29,30). The van der Waals surface area contributed by atoms with E-state index in [-0.39, 0.29) is 6.10 Å². The summed E-state index contributed by atoms with van der Waals surface area (Å²) in [4.78, 5) is 24.8. The average molecular weight is 921 g/mol. The van der Waals surface area contributed by atoms with Gasteiger partial charge in [-0.1, -0.05) is 126 Å². The number of hydrogen-bond acceptors (Lipinski definition) is 10. The Morgan fingerprint density at radius 1 is 0.485 bits per heavy atom. The molecule has 1 aliphatic rings. The van der Waals surface area contributed by atoms with Crippen LogP contribution >= 0.6 is 0 Å². The SMILES string of the molecule is CCCCCCCc1ccc(OCOC2CCC(COOc3ccc(CCCCCCC)cc3)CC2)cc1.Cc1cccc(Nc2nc(Nc3cccc(C)c3)nc(Nc3cccc(C)c3)n2)c1. The quantitative estimate of drug-likeness (QED) is 0.0210. The van der Waals surface area contributed by atoms with Crippen LogP contribution in [0.5, 0.6) is 11.5 Å². The molecule has 1 aliphatic carbocycles. The molecule has 10 heteroatoms. The molecule has 68 heavy (non-hydrogen) atoms. The molecule has 1 aromatic heterocycles. The van der Waals surface area contributed by atoms with E-state index in [0.29, 0.717) is 37.2 Å². The third-order valence-corrected chi connectivity index (χ3v) is 12.2. The monoisotopic (exact) mass is 921 g/mol. The van der Waals surface area contributed by atoms with Gasteiger partial charge < -0.3 is 30.3 Å². The van der Waals surface area contributed by atoms with Gasteiger partial charge in [-0.3, -0.25) is 0 Å². The van der Waals surface area contributed by atoms with E-state index in [0.717, 1.165) is 83.8 Å². The zero-order chi connectivity index (χ0) is 47.6. The molecule has 7 rings (SSSR count). The third-order valence-electron chi connectivity index (χ3n) is 12.2. The van der Waals surface area contributed by atoms with Crippen LogP contribution in [0.3, 0.4) is 0 Å². The Labute approximate surface area is 407 Å². The summed E-state index contributed by atoms with van der Waals surface area (Å²) in [7, 11) is 0. The Morgan fingerprint density at radius 2 is 0.912 bits per heavy atom. The lowest BCUT2D eigenvalue weighted by molar-refractivity contribution is -0.219.